The van der Waals surface area contributed by atoms with Crippen molar-refractivity contribution in [2.24, 2.45) is 5.92 Å². The van der Waals surface area contributed by atoms with Gasteiger partial charge in [0.15, 0.2) is 0 Å². The lowest BCUT2D eigenvalue weighted by molar-refractivity contribution is -0.124. The number of anilines is 1. The molecule has 0 aliphatic carbocycles. The highest BCUT2D eigenvalue weighted by atomic mass is 16.2. The van der Waals surface area contributed by atoms with Crippen LogP contribution in [0.3, 0.4) is 0 Å². The van der Waals surface area contributed by atoms with E-state index in [4.69, 9.17) is 0 Å². The third-order valence-corrected chi connectivity index (χ3v) is 4.35. The van der Waals surface area contributed by atoms with Crippen molar-refractivity contribution >= 4 is 23.4 Å². The summed E-state index contributed by atoms with van der Waals surface area (Å²) in [7, 11) is 0. The van der Waals surface area contributed by atoms with Gasteiger partial charge >= 0.3 is 0 Å². The molecule has 1 heterocycles. The molecule has 142 valence electrons. The first kappa shape index (κ1) is 19.9. The van der Waals surface area contributed by atoms with Crippen molar-refractivity contribution < 1.29 is 14.4 Å². The zero-order valence-corrected chi connectivity index (χ0v) is 15.9. The van der Waals surface area contributed by atoms with Gasteiger partial charge < -0.3 is 15.5 Å². The van der Waals surface area contributed by atoms with E-state index in [2.05, 4.69) is 10.6 Å². The Hall–Kier alpha value is -2.37. The second kappa shape index (κ2) is 9.36. The maximum Gasteiger partial charge on any atom is 0.254 e. The number of hydrogen-bond donors (Lipinski definition) is 2. The van der Waals surface area contributed by atoms with Crippen LogP contribution in [0.2, 0.25) is 0 Å². The van der Waals surface area contributed by atoms with E-state index >= 15 is 0 Å². The average Bonchev–Trinajstić information content (AvgIpc) is 3.08. The molecule has 1 saturated heterocycles. The quantitative estimate of drug-likeness (QED) is 0.786. The fourth-order valence-electron chi connectivity index (χ4n) is 3.13. The normalized spacial score (nSPS) is 16.6. The van der Waals surface area contributed by atoms with Gasteiger partial charge in [0.05, 0.1) is 0 Å². The van der Waals surface area contributed by atoms with Crippen LogP contribution in [0.25, 0.3) is 0 Å². The highest BCUT2D eigenvalue weighted by molar-refractivity contribution is 5.99. The van der Waals surface area contributed by atoms with Crippen molar-refractivity contribution in [3.63, 3.8) is 0 Å². The molecule has 1 aromatic carbocycles. The summed E-state index contributed by atoms with van der Waals surface area (Å²) < 4.78 is 0. The first-order chi connectivity index (χ1) is 12.4. The molecule has 2 rings (SSSR count). The van der Waals surface area contributed by atoms with E-state index in [9.17, 15) is 14.4 Å². The number of hydrogen-bond acceptors (Lipinski definition) is 3. The van der Waals surface area contributed by atoms with Crippen molar-refractivity contribution in [1.29, 1.82) is 0 Å². The maximum atomic E-state index is 12.9. The summed E-state index contributed by atoms with van der Waals surface area (Å²) in [5.74, 6) is -0.0485. The van der Waals surface area contributed by atoms with Gasteiger partial charge in [0, 0.05) is 30.8 Å². The third-order valence-electron chi connectivity index (χ3n) is 4.35. The number of carbonyl (C=O) groups is 3. The van der Waals surface area contributed by atoms with Crippen LogP contribution in [-0.2, 0) is 9.59 Å². The van der Waals surface area contributed by atoms with Gasteiger partial charge in [0.1, 0.15) is 6.04 Å². The molecule has 0 bridgehead atoms. The van der Waals surface area contributed by atoms with Gasteiger partial charge in [-0.25, -0.2) is 0 Å². The standard InChI is InChI=1S/C20H29N3O3/c1-4-10-21-19(25)17-9-6-11-23(17)20(26)15-7-5-8-16(13-15)22-18(24)12-14(2)3/h5,7-8,13-14,17H,4,6,9-12H2,1-3H3,(H,21,25)(H,22,24). The molecular formula is C20H29N3O3. The minimum atomic E-state index is -0.409. The van der Waals surface area contributed by atoms with E-state index < -0.39 is 6.04 Å². The molecule has 3 amide bonds. The number of benzene rings is 1. The average molecular weight is 359 g/mol. The minimum absolute atomic E-state index is 0.0670. The smallest absolute Gasteiger partial charge is 0.254 e. The van der Waals surface area contributed by atoms with Crippen LogP contribution in [0.5, 0.6) is 0 Å². The summed E-state index contributed by atoms with van der Waals surface area (Å²) in [5.41, 5.74) is 1.09. The second-order valence-electron chi connectivity index (χ2n) is 7.17. The molecule has 0 radical (unpaired) electrons. The van der Waals surface area contributed by atoms with Crippen LogP contribution < -0.4 is 10.6 Å². The Balaban J connectivity index is 2.07. The lowest BCUT2D eigenvalue weighted by Gasteiger charge is -2.24. The zero-order valence-electron chi connectivity index (χ0n) is 15.9. The molecule has 2 N–H and O–H groups in total. The van der Waals surface area contributed by atoms with Gasteiger partial charge in [-0.05, 0) is 43.4 Å². The Labute approximate surface area is 155 Å². The molecule has 26 heavy (non-hydrogen) atoms. The van der Waals surface area contributed by atoms with Gasteiger partial charge in [-0.3, -0.25) is 14.4 Å². The van der Waals surface area contributed by atoms with Crippen LogP contribution in [0, 0.1) is 5.92 Å². The van der Waals surface area contributed by atoms with Gasteiger partial charge in [0.25, 0.3) is 5.91 Å². The summed E-state index contributed by atoms with van der Waals surface area (Å²) in [6.45, 7) is 7.16. The van der Waals surface area contributed by atoms with Crippen LogP contribution in [0.15, 0.2) is 24.3 Å². The first-order valence-electron chi connectivity index (χ1n) is 9.41. The third kappa shape index (κ3) is 5.31. The molecule has 0 aromatic heterocycles. The van der Waals surface area contributed by atoms with Gasteiger partial charge in [-0.2, -0.15) is 0 Å². The lowest BCUT2D eigenvalue weighted by atomic mass is 10.1. The summed E-state index contributed by atoms with van der Waals surface area (Å²) in [6.07, 6.45) is 2.81. The molecule has 6 heteroatoms. The molecule has 1 atom stereocenters. The Morgan fingerprint density at radius 3 is 2.73 bits per heavy atom. The Morgan fingerprint density at radius 1 is 1.27 bits per heavy atom. The van der Waals surface area contributed by atoms with E-state index in [0.717, 1.165) is 12.8 Å². The fourth-order valence-corrected chi connectivity index (χ4v) is 3.13. The topological polar surface area (TPSA) is 78.5 Å². The number of rotatable bonds is 7. The molecule has 0 saturated carbocycles. The second-order valence-corrected chi connectivity index (χ2v) is 7.17. The van der Waals surface area contributed by atoms with E-state index in [1.165, 1.54) is 0 Å². The molecule has 1 aliphatic rings. The Kier molecular flexibility index (Phi) is 7.18. The molecule has 1 fully saturated rings. The number of amides is 3. The molecule has 6 nitrogen and oxygen atoms in total. The Morgan fingerprint density at radius 2 is 2.04 bits per heavy atom. The van der Waals surface area contributed by atoms with E-state index in [-0.39, 0.29) is 23.6 Å². The van der Waals surface area contributed by atoms with Crippen LogP contribution in [-0.4, -0.2) is 41.8 Å². The maximum absolute atomic E-state index is 12.9. The molecule has 1 aliphatic heterocycles. The predicted octanol–water partition coefficient (Wildman–Crippen LogP) is 2.80. The molecule has 1 aromatic rings. The summed E-state index contributed by atoms with van der Waals surface area (Å²) in [5, 5.41) is 5.71. The fraction of sp³-hybridized carbons (Fsp3) is 0.550. The zero-order chi connectivity index (χ0) is 19.1. The van der Waals surface area contributed by atoms with Gasteiger partial charge in [0.2, 0.25) is 11.8 Å². The monoisotopic (exact) mass is 359 g/mol. The number of nitrogens with one attached hydrogen (secondary N) is 2. The van der Waals surface area contributed by atoms with Gasteiger partial charge in [-0.1, -0.05) is 26.8 Å². The largest absolute Gasteiger partial charge is 0.354 e. The van der Waals surface area contributed by atoms with Crippen molar-refractivity contribution in [3.8, 4) is 0 Å². The summed E-state index contributed by atoms with van der Waals surface area (Å²) in [4.78, 5) is 38.8. The van der Waals surface area contributed by atoms with Crippen LogP contribution in [0.1, 0.15) is 56.8 Å². The highest BCUT2D eigenvalue weighted by Gasteiger charge is 2.34. The number of nitrogens with zero attached hydrogens (tertiary/aromatic N) is 1. The van der Waals surface area contributed by atoms with E-state index in [1.54, 1.807) is 29.2 Å². The highest BCUT2D eigenvalue weighted by Crippen LogP contribution is 2.22. The summed E-state index contributed by atoms with van der Waals surface area (Å²) in [6, 6.07) is 6.51. The van der Waals surface area contributed by atoms with Crippen molar-refractivity contribution in [2.45, 2.75) is 52.5 Å². The minimum Gasteiger partial charge on any atom is -0.354 e. The molecule has 1 unspecified atom stereocenters. The predicted molar refractivity (Wildman–Crippen MR) is 102 cm³/mol. The summed E-state index contributed by atoms with van der Waals surface area (Å²) >= 11 is 0. The molecular weight excluding hydrogens is 330 g/mol. The van der Waals surface area contributed by atoms with Crippen molar-refractivity contribution in [2.75, 3.05) is 18.4 Å². The van der Waals surface area contributed by atoms with E-state index in [1.807, 2.05) is 20.8 Å². The van der Waals surface area contributed by atoms with Gasteiger partial charge in [-0.15, -0.1) is 0 Å². The van der Waals surface area contributed by atoms with Crippen LogP contribution >= 0.6 is 0 Å². The van der Waals surface area contributed by atoms with Crippen molar-refractivity contribution in [1.82, 2.24) is 10.2 Å². The number of carbonyl (C=O) groups excluding carboxylic acids is 3. The SMILES string of the molecule is CCCNC(=O)C1CCCN1C(=O)c1cccc(NC(=O)CC(C)C)c1. The van der Waals surface area contributed by atoms with Crippen LogP contribution in [0.4, 0.5) is 5.69 Å². The Bertz CT molecular complexity index is 657. The van der Waals surface area contributed by atoms with Crippen molar-refractivity contribution in [3.05, 3.63) is 29.8 Å². The molecule has 0 spiro atoms. The first-order valence-corrected chi connectivity index (χ1v) is 9.41. The number of likely N-dealkylation sites (tertiary alicyclic amines) is 1. The van der Waals surface area contributed by atoms with E-state index in [0.29, 0.717) is 37.2 Å². The lowest BCUT2D eigenvalue weighted by Crippen LogP contribution is -2.46.